The average Bonchev–Trinajstić information content (AvgIpc) is 3.03. The van der Waals surface area contributed by atoms with Gasteiger partial charge in [0.15, 0.2) is 0 Å². The van der Waals surface area contributed by atoms with Crippen LogP contribution in [0.25, 0.3) is 11.4 Å². The smallest absolute Gasteiger partial charge is 0.321 e. The van der Waals surface area contributed by atoms with E-state index in [4.69, 9.17) is 4.52 Å². The number of hydrogen-bond acceptors (Lipinski definition) is 5. The van der Waals surface area contributed by atoms with Gasteiger partial charge in [-0.15, -0.1) is 0 Å². The standard InChI is InChI=1S/C17H24N4O/c1-14-8-12-21(13-9-14)11-5-10-18-17-19-16(20-22-17)15-6-3-2-4-7-15/h2-4,6-7,14H,5,8-13H2,1H3,(H,18,19,20). The van der Waals surface area contributed by atoms with Crippen molar-refractivity contribution in [1.82, 2.24) is 15.0 Å². The van der Waals surface area contributed by atoms with Crippen LogP contribution in [0, 0.1) is 5.92 Å². The zero-order valence-corrected chi connectivity index (χ0v) is 13.2. The Hall–Kier alpha value is -1.88. The third-order valence-electron chi connectivity index (χ3n) is 4.26. The summed E-state index contributed by atoms with van der Waals surface area (Å²) >= 11 is 0. The number of nitrogens with one attached hydrogen (secondary N) is 1. The van der Waals surface area contributed by atoms with E-state index in [1.165, 1.54) is 25.9 Å². The predicted octanol–water partition coefficient (Wildman–Crippen LogP) is 3.27. The molecule has 5 heteroatoms. The van der Waals surface area contributed by atoms with Crippen molar-refractivity contribution >= 4 is 6.01 Å². The highest BCUT2D eigenvalue weighted by molar-refractivity contribution is 5.54. The number of benzene rings is 1. The molecule has 0 atom stereocenters. The van der Waals surface area contributed by atoms with Crippen LogP contribution in [0.5, 0.6) is 0 Å². The number of likely N-dealkylation sites (tertiary alicyclic amines) is 1. The maximum Gasteiger partial charge on any atom is 0.321 e. The Labute approximate surface area is 131 Å². The molecule has 1 fully saturated rings. The lowest BCUT2D eigenvalue weighted by atomic mass is 9.99. The van der Waals surface area contributed by atoms with Crippen molar-refractivity contribution in [3.63, 3.8) is 0 Å². The molecular formula is C17H24N4O. The van der Waals surface area contributed by atoms with Gasteiger partial charge in [0, 0.05) is 12.1 Å². The van der Waals surface area contributed by atoms with Gasteiger partial charge in [-0.1, -0.05) is 42.4 Å². The first-order valence-corrected chi connectivity index (χ1v) is 8.16. The summed E-state index contributed by atoms with van der Waals surface area (Å²) < 4.78 is 5.24. The van der Waals surface area contributed by atoms with Gasteiger partial charge in [-0.3, -0.25) is 0 Å². The summed E-state index contributed by atoms with van der Waals surface area (Å²) in [6.07, 6.45) is 3.76. The highest BCUT2D eigenvalue weighted by Gasteiger charge is 2.15. The van der Waals surface area contributed by atoms with Crippen LogP contribution in [0.3, 0.4) is 0 Å². The minimum atomic E-state index is 0.506. The van der Waals surface area contributed by atoms with Gasteiger partial charge >= 0.3 is 6.01 Å². The van der Waals surface area contributed by atoms with Crippen LogP contribution in [-0.2, 0) is 0 Å². The fraction of sp³-hybridized carbons (Fsp3) is 0.529. The van der Waals surface area contributed by atoms with E-state index in [9.17, 15) is 0 Å². The van der Waals surface area contributed by atoms with Crippen molar-refractivity contribution in [2.45, 2.75) is 26.2 Å². The molecule has 0 unspecified atom stereocenters. The quantitative estimate of drug-likeness (QED) is 0.830. The van der Waals surface area contributed by atoms with Crippen LogP contribution in [-0.4, -0.2) is 41.2 Å². The van der Waals surface area contributed by atoms with Crippen molar-refractivity contribution in [2.24, 2.45) is 5.92 Å². The summed E-state index contributed by atoms with van der Waals surface area (Å²) in [5.41, 5.74) is 0.974. The monoisotopic (exact) mass is 300 g/mol. The lowest BCUT2D eigenvalue weighted by Gasteiger charge is -2.30. The summed E-state index contributed by atoms with van der Waals surface area (Å²) in [4.78, 5) is 6.92. The molecule has 1 aromatic heterocycles. The number of piperidine rings is 1. The highest BCUT2D eigenvalue weighted by Crippen LogP contribution is 2.17. The van der Waals surface area contributed by atoms with Gasteiger partial charge in [-0.2, -0.15) is 4.98 Å². The van der Waals surface area contributed by atoms with Crippen LogP contribution < -0.4 is 5.32 Å². The molecular weight excluding hydrogens is 276 g/mol. The predicted molar refractivity (Wildman–Crippen MR) is 87.7 cm³/mol. The van der Waals surface area contributed by atoms with E-state index in [2.05, 4.69) is 27.3 Å². The Morgan fingerprint density at radius 3 is 2.77 bits per heavy atom. The lowest BCUT2D eigenvalue weighted by Crippen LogP contribution is -2.34. The van der Waals surface area contributed by atoms with E-state index in [0.29, 0.717) is 11.8 Å². The topological polar surface area (TPSA) is 54.2 Å². The number of rotatable bonds is 6. The molecule has 0 aliphatic carbocycles. The third kappa shape index (κ3) is 4.07. The third-order valence-corrected chi connectivity index (χ3v) is 4.26. The molecule has 1 aliphatic rings. The zero-order chi connectivity index (χ0) is 15.2. The minimum Gasteiger partial charge on any atom is -0.338 e. The first-order chi connectivity index (χ1) is 10.8. The van der Waals surface area contributed by atoms with E-state index in [1.54, 1.807) is 0 Å². The fourth-order valence-corrected chi connectivity index (χ4v) is 2.78. The van der Waals surface area contributed by atoms with Crippen LogP contribution in [0.1, 0.15) is 26.2 Å². The molecule has 0 spiro atoms. The van der Waals surface area contributed by atoms with Gasteiger partial charge < -0.3 is 14.7 Å². The summed E-state index contributed by atoms with van der Waals surface area (Å²) in [5.74, 6) is 1.53. The van der Waals surface area contributed by atoms with Crippen LogP contribution >= 0.6 is 0 Å². The van der Waals surface area contributed by atoms with Crippen molar-refractivity contribution < 1.29 is 4.52 Å². The Morgan fingerprint density at radius 1 is 1.23 bits per heavy atom. The maximum absolute atomic E-state index is 5.24. The second-order valence-corrected chi connectivity index (χ2v) is 6.09. The molecule has 1 aliphatic heterocycles. The van der Waals surface area contributed by atoms with Crippen molar-refractivity contribution in [3.05, 3.63) is 30.3 Å². The van der Waals surface area contributed by atoms with Gasteiger partial charge in [0.2, 0.25) is 5.82 Å². The molecule has 118 valence electrons. The van der Waals surface area contributed by atoms with E-state index in [0.717, 1.165) is 31.0 Å². The van der Waals surface area contributed by atoms with Gasteiger partial charge in [0.05, 0.1) is 0 Å². The maximum atomic E-state index is 5.24. The molecule has 2 aromatic rings. The first kappa shape index (κ1) is 15.0. The van der Waals surface area contributed by atoms with Gasteiger partial charge in [-0.25, -0.2) is 0 Å². The van der Waals surface area contributed by atoms with Gasteiger partial charge in [-0.05, 0) is 44.8 Å². The molecule has 1 saturated heterocycles. The molecule has 1 N–H and O–H groups in total. The summed E-state index contributed by atoms with van der Waals surface area (Å²) in [6.45, 7) is 6.82. The Balaban J connectivity index is 1.40. The van der Waals surface area contributed by atoms with E-state index >= 15 is 0 Å². The normalized spacial score (nSPS) is 16.8. The summed E-state index contributed by atoms with van der Waals surface area (Å²) in [7, 11) is 0. The largest absolute Gasteiger partial charge is 0.338 e. The van der Waals surface area contributed by atoms with Crippen molar-refractivity contribution in [3.8, 4) is 11.4 Å². The number of anilines is 1. The molecule has 0 amide bonds. The summed E-state index contributed by atoms with van der Waals surface area (Å²) in [6, 6.07) is 10.4. The average molecular weight is 300 g/mol. The SMILES string of the molecule is CC1CCN(CCCNc2nc(-c3ccccc3)no2)CC1. The Morgan fingerprint density at radius 2 is 2.00 bits per heavy atom. The van der Waals surface area contributed by atoms with Crippen LogP contribution in [0.4, 0.5) is 6.01 Å². The molecule has 0 radical (unpaired) electrons. The number of aromatic nitrogens is 2. The molecule has 0 bridgehead atoms. The fourth-order valence-electron chi connectivity index (χ4n) is 2.78. The van der Waals surface area contributed by atoms with E-state index in [1.807, 2.05) is 30.3 Å². The molecule has 3 rings (SSSR count). The lowest BCUT2D eigenvalue weighted by molar-refractivity contribution is 0.192. The van der Waals surface area contributed by atoms with Crippen molar-refractivity contribution in [1.29, 1.82) is 0 Å². The molecule has 22 heavy (non-hydrogen) atoms. The number of nitrogens with zero attached hydrogens (tertiary/aromatic N) is 3. The van der Waals surface area contributed by atoms with Gasteiger partial charge in [0.1, 0.15) is 0 Å². The molecule has 5 nitrogen and oxygen atoms in total. The van der Waals surface area contributed by atoms with E-state index < -0.39 is 0 Å². The summed E-state index contributed by atoms with van der Waals surface area (Å²) in [5, 5.41) is 7.22. The Kier molecular flexibility index (Phi) is 5.06. The Bertz CT molecular complexity index is 561. The highest BCUT2D eigenvalue weighted by atomic mass is 16.5. The number of hydrogen-bond donors (Lipinski definition) is 1. The van der Waals surface area contributed by atoms with Gasteiger partial charge in [0.25, 0.3) is 0 Å². The molecule has 0 saturated carbocycles. The second-order valence-electron chi connectivity index (χ2n) is 6.09. The minimum absolute atomic E-state index is 0.506. The van der Waals surface area contributed by atoms with E-state index in [-0.39, 0.29) is 0 Å². The van der Waals surface area contributed by atoms with Crippen LogP contribution in [0.15, 0.2) is 34.9 Å². The first-order valence-electron chi connectivity index (χ1n) is 8.16. The van der Waals surface area contributed by atoms with Crippen molar-refractivity contribution in [2.75, 3.05) is 31.5 Å². The van der Waals surface area contributed by atoms with Crippen LogP contribution in [0.2, 0.25) is 0 Å². The molecule has 2 heterocycles. The molecule has 1 aromatic carbocycles. The zero-order valence-electron chi connectivity index (χ0n) is 13.2. The second kappa shape index (κ2) is 7.40.